The first-order valence-corrected chi connectivity index (χ1v) is 5.57. The second-order valence-corrected chi connectivity index (χ2v) is 3.55. The highest BCUT2D eigenvalue weighted by molar-refractivity contribution is 5.10. The maximum absolute atomic E-state index is 5.46. The zero-order chi connectivity index (χ0) is 10.4. The molecule has 3 heteroatoms. The molecule has 0 amide bonds. The Bertz CT molecular complexity index is 265. The van der Waals surface area contributed by atoms with E-state index >= 15 is 0 Å². The van der Waals surface area contributed by atoms with Crippen LogP contribution in [0.1, 0.15) is 38.1 Å². The zero-order valence-electron chi connectivity index (χ0n) is 9.29. The van der Waals surface area contributed by atoms with Crippen molar-refractivity contribution >= 4 is 0 Å². The Kier molecular flexibility index (Phi) is 4.66. The lowest BCUT2D eigenvalue weighted by atomic mass is 10.2. The summed E-state index contributed by atoms with van der Waals surface area (Å²) in [5, 5.41) is 4.55. The minimum Gasteiger partial charge on any atom is -0.330 e. The summed E-state index contributed by atoms with van der Waals surface area (Å²) in [4.78, 5) is 0. The maximum atomic E-state index is 5.46. The van der Waals surface area contributed by atoms with Gasteiger partial charge in [-0.2, -0.15) is 5.10 Å². The molecule has 0 spiro atoms. The minimum absolute atomic E-state index is 0.781. The van der Waals surface area contributed by atoms with Gasteiger partial charge in [-0.1, -0.05) is 13.8 Å². The van der Waals surface area contributed by atoms with Gasteiger partial charge in [-0.25, -0.2) is 0 Å². The topological polar surface area (TPSA) is 43.8 Å². The van der Waals surface area contributed by atoms with E-state index in [1.54, 1.807) is 0 Å². The monoisotopic (exact) mass is 195 g/mol. The van der Waals surface area contributed by atoms with Crippen LogP contribution in [0.25, 0.3) is 0 Å². The number of nitrogens with zero attached hydrogens (tertiary/aromatic N) is 2. The third-order valence-corrected chi connectivity index (χ3v) is 2.46. The Labute approximate surface area is 86.3 Å². The molecular weight excluding hydrogens is 174 g/mol. The molecule has 0 aliphatic carbocycles. The van der Waals surface area contributed by atoms with Crippen molar-refractivity contribution in [3.63, 3.8) is 0 Å². The summed E-state index contributed by atoms with van der Waals surface area (Å²) in [5.41, 5.74) is 8.01. The van der Waals surface area contributed by atoms with Gasteiger partial charge in [-0.05, 0) is 38.3 Å². The van der Waals surface area contributed by atoms with Crippen LogP contribution >= 0.6 is 0 Å². The van der Waals surface area contributed by atoms with Gasteiger partial charge in [0.1, 0.15) is 0 Å². The Morgan fingerprint density at radius 2 is 2.07 bits per heavy atom. The quantitative estimate of drug-likeness (QED) is 0.703. The molecule has 3 nitrogen and oxygen atoms in total. The first-order chi connectivity index (χ1) is 6.81. The molecule has 0 aliphatic heterocycles. The summed E-state index contributed by atoms with van der Waals surface area (Å²) in [7, 11) is 0. The van der Waals surface area contributed by atoms with Crippen molar-refractivity contribution in [1.29, 1.82) is 0 Å². The Balaban J connectivity index is 2.59. The molecule has 1 rings (SSSR count). The Hall–Kier alpha value is -0.830. The molecular formula is C11H21N3. The molecule has 1 aromatic heterocycles. The van der Waals surface area contributed by atoms with Gasteiger partial charge >= 0.3 is 0 Å². The first kappa shape index (κ1) is 11.2. The fraction of sp³-hybridized carbons (Fsp3) is 0.727. The van der Waals surface area contributed by atoms with Gasteiger partial charge in [-0.15, -0.1) is 0 Å². The van der Waals surface area contributed by atoms with Crippen LogP contribution in [0.3, 0.4) is 0 Å². The van der Waals surface area contributed by atoms with Gasteiger partial charge in [0, 0.05) is 12.2 Å². The van der Waals surface area contributed by atoms with E-state index < -0.39 is 0 Å². The van der Waals surface area contributed by atoms with Gasteiger partial charge in [0.05, 0.1) is 5.69 Å². The smallest absolute Gasteiger partial charge is 0.0624 e. The summed E-state index contributed by atoms with van der Waals surface area (Å²) in [6.45, 7) is 6.12. The van der Waals surface area contributed by atoms with Crippen molar-refractivity contribution in [2.75, 3.05) is 6.54 Å². The molecule has 2 N–H and O–H groups in total. The second kappa shape index (κ2) is 5.81. The maximum Gasteiger partial charge on any atom is 0.0624 e. The molecule has 0 bridgehead atoms. The van der Waals surface area contributed by atoms with Crippen LogP contribution in [0.5, 0.6) is 0 Å². The van der Waals surface area contributed by atoms with E-state index in [4.69, 9.17) is 5.73 Å². The molecule has 0 aliphatic rings. The third kappa shape index (κ3) is 2.84. The van der Waals surface area contributed by atoms with Gasteiger partial charge in [0.15, 0.2) is 0 Å². The van der Waals surface area contributed by atoms with Gasteiger partial charge in [-0.3, -0.25) is 4.68 Å². The van der Waals surface area contributed by atoms with Crippen molar-refractivity contribution in [2.45, 2.75) is 46.1 Å². The second-order valence-electron chi connectivity index (χ2n) is 3.55. The van der Waals surface area contributed by atoms with Crippen LogP contribution < -0.4 is 5.73 Å². The Morgan fingerprint density at radius 1 is 1.29 bits per heavy atom. The predicted molar refractivity (Wildman–Crippen MR) is 59.3 cm³/mol. The molecule has 80 valence electrons. The summed E-state index contributed by atoms with van der Waals surface area (Å²) in [6, 6.07) is 2.21. The number of unbranched alkanes of at least 4 members (excludes halogenated alkanes) is 1. The van der Waals surface area contributed by atoms with E-state index in [2.05, 4.69) is 29.7 Å². The van der Waals surface area contributed by atoms with Crippen LogP contribution in [0.15, 0.2) is 6.07 Å². The fourth-order valence-corrected chi connectivity index (χ4v) is 1.57. The highest BCUT2D eigenvalue weighted by Crippen LogP contribution is 2.07. The molecule has 0 saturated heterocycles. The van der Waals surface area contributed by atoms with Crippen LogP contribution in [0, 0.1) is 0 Å². The van der Waals surface area contributed by atoms with Crippen LogP contribution in [-0.4, -0.2) is 16.3 Å². The van der Waals surface area contributed by atoms with Crippen LogP contribution in [0.2, 0.25) is 0 Å². The number of aromatic nitrogens is 2. The lowest BCUT2D eigenvalue weighted by Crippen LogP contribution is -2.07. The molecule has 0 unspecified atom stereocenters. The average molecular weight is 195 g/mol. The van der Waals surface area contributed by atoms with Crippen molar-refractivity contribution in [3.05, 3.63) is 17.5 Å². The van der Waals surface area contributed by atoms with Crippen molar-refractivity contribution in [2.24, 2.45) is 5.73 Å². The van der Waals surface area contributed by atoms with E-state index in [-0.39, 0.29) is 0 Å². The van der Waals surface area contributed by atoms with Crippen molar-refractivity contribution < 1.29 is 0 Å². The van der Waals surface area contributed by atoms with E-state index in [0.717, 1.165) is 38.8 Å². The van der Waals surface area contributed by atoms with Crippen molar-refractivity contribution in [3.8, 4) is 0 Å². The molecule has 0 atom stereocenters. The van der Waals surface area contributed by atoms with Crippen LogP contribution in [-0.2, 0) is 19.4 Å². The molecule has 1 heterocycles. The first-order valence-electron chi connectivity index (χ1n) is 5.57. The lowest BCUT2D eigenvalue weighted by molar-refractivity contribution is 0.538. The molecule has 14 heavy (non-hydrogen) atoms. The number of hydrogen-bond donors (Lipinski definition) is 1. The molecule has 0 saturated carbocycles. The number of rotatable bonds is 6. The number of nitrogens with two attached hydrogens (primary N) is 1. The molecule has 0 radical (unpaired) electrons. The summed E-state index contributed by atoms with van der Waals surface area (Å²) in [6.07, 6.45) is 4.31. The fourth-order valence-electron chi connectivity index (χ4n) is 1.57. The molecule has 0 aromatic carbocycles. The summed E-state index contributed by atoms with van der Waals surface area (Å²) < 4.78 is 2.13. The van der Waals surface area contributed by atoms with Crippen molar-refractivity contribution in [1.82, 2.24) is 9.78 Å². The zero-order valence-corrected chi connectivity index (χ0v) is 9.29. The number of hydrogen-bond acceptors (Lipinski definition) is 2. The van der Waals surface area contributed by atoms with Crippen LogP contribution in [0.4, 0.5) is 0 Å². The van der Waals surface area contributed by atoms with E-state index in [0.29, 0.717) is 0 Å². The molecule has 0 fully saturated rings. The normalized spacial score (nSPS) is 10.8. The van der Waals surface area contributed by atoms with E-state index in [1.807, 2.05) is 0 Å². The lowest BCUT2D eigenvalue weighted by Gasteiger charge is -2.04. The third-order valence-electron chi connectivity index (χ3n) is 2.46. The van der Waals surface area contributed by atoms with Gasteiger partial charge in [0.2, 0.25) is 0 Å². The Morgan fingerprint density at radius 3 is 2.64 bits per heavy atom. The molecule has 1 aromatic rings. The highest BCUT2D eigenvalue weighted by atomic mass is 15.3. The van der Waals surface area contributed by atoms with E-state index in [9.17, 15) is 0 Å². The summed E-state index contributed by atoms with van der Waals surface area (Å²) >= 11 is 0. The minimum atomic E-state index is 0.781. The largest absolute Gasteiger partial charge is 0.330 e. The number of aryl methyl sites for hydroxylation is 3. The van der Waals surface area contributed by atoms with E-state index in [1.165, 1.54) is 11.4 Å². The van der Waals surface area contributed by atoms with Gasteiger partial charge in [0.25, 0.3) is 0 Å². The highest BCUT2D eigenvalue weighted by Gasteiger charge is 2.03. The average Bonchev–Trinajstić information content (AvgIpc) is 2.61. The standard InChI is InChI=1S/C11H21N3/c1-3-10-9-11(4-2)14(13-10)8-6-5-7-12/h9H,3-8,12H2,1-2H3. The predicted octanol–water partition coefficient (Wildman–Crippen LogP) is 1.75. The SMILES string of the molecule is CCc1cc(CC)n(CCCCN)n1. The van der Waals surface area contributed by atoms with Gasteiger partial charge < -0.3 is 5.73 Å². The summed E-state index contributed by atoms with van der Waals surface area (Å²) in [5.74, 6) is 0.